The molecule has 1 aromatic heterocycles. The predicted molar refractivity (Wildman–Crippen MR) is 93.4 cm³/mol. The highest BCUT2D eigenvalue weighted by molar-refractivity contribution is 14.1. The van der Waals surface area contributed by atoms with Crippen LogP contribution in [0.3, 0.4) is 0 Å². The molecule has 110 valence electrons. The first-order chi connectivity index (χ1) is 10.2. The van der Waals surface area contributed by atoms with Crippen LogP contribution in [0.25, 0.3) is 0 Å². The molecule has 0 atom stereocenters. The Labute approximate surface area is 138 Å². The maximum atomic E-state index is 12.3. The van der Waals surface area contributed by atoms with Crippen LogP contribution in [0.15, 0.2) is 48.7 Å². The molecule has 2 rings (SSSR count). The van der Waals surface area contributed by atoms with Gasteiger partial charge in [-0.25, -0.2) is 4.79 Å². The standard InChI is InChI=1S/C16H18IN3O/c1-2-20(11-9-14-7-3-4-10-18-14)16(21)19-15-8-5-6-13(17)12-15/h3-8,10,12H,2,9,11H2,1H3,(H,19,21). The molecular formula is C16H18IN3O. The van der Waals surface area contributed by atoms with Gasteiger partial charge in [-0.3, -0.25) is 4.98 Å². The van der Waals surface area contributed by atoms with Crippen molar-refractivity contribution in [3.8, 4) is 0 Å². The van der Waals surface area contributed by atoms with Gasteiger partial charge in [-0.1, -0.05) is 12.1 Å². The molecule has 1 aromatic carbocycles. The monoisotopic (exact) mass is 395 g/mol. The molecule has 0 saturated carbocycles. The summed E-state index contributed by atoms with van der Waals surface area (Å²) in [7, 11) is 0. The lowest BCUT2D eigenvalue weighted by atomic mass is 10.2. The van der Waals surface area contributed by atoms with Crippen LogP contribution >= 0.6 is 22.6 Å². The van der Waals surface area contributed by atoms with Gasteiger partial charge in [0.25, 0.3) is 0 Å². The zero-order valence-corrected chi connectivity index (χ0v) is 14.1. The van der Waals surface area contributed by atoms with E-state index in [1.165, 1.54) is 0 Å². The SMILES string of the molecule is CCN(CCc1ccccn1)C(=O)Nc1cccc(I)c1. The van der Waals surface area contributed by atoms with Crippen molar-refractivity contribution >= 4 is 34.3 Å². The van der Waals surface area contributed by atoms with Gasteiger partial charge in [0.2, 0.25) is 0 Å². The Hall–Kier alpha value is -1.63. The van der Waals surface area contributed by atoms with Crippen LogP contribution in [-0.4, -0.2) is 29.0 Å². The molecule has 4 nitrogen and oxygen atoms in total. The van der Waals surface area contributed by atoms with Gasteiger partial charge >= 0.3 is 6.03 Å². The molecule has 0 aliphatic carbocycles. The lowest BCUT2D eigenvalue weighted by Gasteiger charge is -2.21. The normalized spacial score (nSPS) is 10.2. The summed E-state index contributed by atoms with van der Waals surface area (Å²) in [5.74, 6) is 0. The van der Waals surface area contributed by atoms with Crippen molar-refractivity contribution in [1.82, 2.24) is 9.88 Å². The van der Waals surface area contributed by atoms with Gasteiger partial charge < -0.3 is 10.2 Å². The number of carbonyl (C=O) groups is 1. The average Bonchev–Trinajstić information content (AvgIpc) is 2.49. The second-order valence-corrected chi connectivity index (χ2v) is 5.84. The van der Waals surface area contributed by atoms with E-state index in [4.69, 9.17) is 0 Å². The van der Waals surface area contributed by atoms with Crippen LogP contribution in [0.4, 0.5) is 10.5 Å². The molecule has 2 amide bonds. The van der Waals surface area contributed by atoms with Gasteiger partial charge in [0.15, 0.2) is 0 Å². The molecule has 0 radical (unpaired) electrons. The van der Waals surface area contributed by atoms with Crippen molar-refractivity contribution < 1.29 is 4.79 Å². The van der Waals surface area contributed by atoms with E-state index in [2.05, 4.69) is 32.9 Å². The summed E-state index contributed by atoms with van der Waals surface area (Å²) in [6.45, 7) is 3.30. The largest absolute Gasteiger partial charge is 0.324 e. The van der Waals surface area contributed by atoms with E-state index in [-0.39, 0.29) is 6.03 Å². The zero-order valence-electron chi connectivity index (χ0n) is 11.9. The maximum absolute atomic E-state index is 12.3. The first-order valence-electron chi connectivity index (χ1n) is 6.90. The van der Waals surface area contributed by atoms with E-state index in [1.807, 2.05) is 49.4 Å². The summed E-state index contributed by atoms with van der Waals surface area (Å²) in [5.41, 5.74) is 1.82. The summed E-state index contributed by atoms with van der Waals surface area (Å²) in [6, 6.07) is 13.5. The third-order valence-corrected chi connectivity index (χ3v) is 3.78. The first-order valence-corrected chi connectivity index (χ1v) is 7.98. The number of likely N-dealkylation sites (N-methyl/N-ethyl adjacent to an activating group) is 1. The smallest absolute Gasteiger partial charge is 0.321 e. The molecule has 0 fully saturated rings. The van der Waals surface area contributed by atoms with Crippen LogP contribution in [0.1, 0.15) is 12.6 Å². The van der Waals surface area contributed by atoms with E-state index in [9.17, 15) is 4.79 Å². The molecule has 1 N–H and O–H groups in total. The van der Waals surface area contributed by atoms with Gasteiger partial charge in [0.1, 0.15) is 0 Å². The van der Waals surface area contributed by atoms with E-state index in [0.29, 0.717) is 13.1 Å². The van der Waals surface area contributed by atoms with Crippen molar-refractivity contribution in [1.29, 1.82) is 0 Å². The Bertz CT molecular complexity index is 589. The van der Waals surface area contributed by atoms with E-state index in [0.717, 1.165) is 21.4 Å². The van der Waals surface area contributed by atoms with E-state index >= 15 is 0 Å². The number of carbonyl (C=O) groups excluding carboxylic acids is 1. The first kappa shape index (κ1) is 15.8. The quantitative estimate of drug-likeness (QED) is 0.784. The molecular weight excluding hydrogens is 377 g/mol. The molecule has 1 heterocycles. The second kappa shape index (κ2) is 7.97. The fraction of sp³-hybridized carbons (Fsp3) is 0.250. The van der Waals surface area contributed by atoms with E-state index < -0.39 is 0 Å². The van der Waals surface area contributed by atoms with E-state index in [1.54, 1.807) is 11.1 Å². The number of nitrogens with zero attached hydrogens (tertiary/aromatic N) is 2. The molecule has 0 aliphatic rings. The Morgan fingerprint density at radius 2 is 2.14 bits per heavy atom. The highest BCUT2D eigenvalue weighted by atomic mass is 127. The van der Waals surface area contributed by atoms with Crippen molar-refractivity contribution in [2.75, 3.05) is 18.4 Å². The molecule has 0 aliphatic heterocycles. The minimum Gasteiger partial charge on any atom is -0.324 e. The molecule has 2 aromatic rings. The number of hydrogen-bond donors (Lipinski definition) is 1. The van der Waals surface area contributed by atoms with Crippen LogP contribution in [-0.2, 0) is 6.42 Å². The minimum absolute atomic E-state index is 0.0737. The third kappa shape index (κ3) is 5.00. The van der Waals surface area contributed by atoms with Gasteiger partial charge in [-0.15, -0.1) is 0 Å². The van der Waals surface area contributed by atoms with Crippen molar-refractivity contribution in [2.45, 2.75) is 13.3 Å². The van der Waals surface area contributed by atoms with Crippen molar-refractivity contribution in [2.24, 2.45) is 0 Å². The molecule has 0 spiro atoms. The number of urea groups is 1. The number of aromatic nitrogens is 1. The number of nitrogens with one attached hydrogen (secondary N) is 1. The van der Waals surface area contributed by atoms with Crippen molar-refractivity contribution in [3.05, 3.63) is 57.9 Å². The summed E-state index contributed by atoms with van der Waals surface area (Å²) in [4.78, 5) is 18.3. The molecule has 0 saturated heterocycles. The molecule has 0 unspecified atom stereocenters. The maximum Gasteiger partial charge on any atom is 0.321 e. The highest BCUT2D eigenvalue weighted by Crippen LogP contribution is 2.13. The summed E-state index contributed by atoms with van der Waals surface area (Å²) in [5, 5.41) is 2.93. The topological polar surface area (TPSA) is 45.2 Å². The number of anilines is 1. The van der Waals surface area contributed by atoms with Crippen LogP contribution < -0.4 is 5.32 Å². The van der Waals surface area contributed by atoms with Crippen LogP contribution in [0.5, 0.6) is 0 Å². The second-order valence-electron chi connectivity index (χ2n) is 4.59. The lowest BCUT2D eigenvalue weighted by Crippen LogP contribution is -2.36. The van der Waals surface area contributed by atoms with Crippen LogP contribution in [0.2, 0.25) is 0 Å². The fourth-order valence-electron chi connectivity index (χ4n) is 1.97. The predicted octanol–water partition coefficient (Wildman–Crippen LogP) is 3.78. The molecule has 0 bridgehead atoms. The zero-order chi connectivity index (χ0) is 15.1. The molecule has 21 heavy (non-hydrogen) atoms. The lowest BCUT2D eigenvalue weighted by molar-refractivity contribution is 0.215. The Kier molecular flexibility index (Phi) is 5.98. The summed E-state index contributed by atoms with van der Waals surface area (Å²) < 4.78 is 1.10. The fourth-order valence-corrected chi connectivity index (χ4v) is 2.51. The number of halogens is 1. The van der Waals surface area contributed by atoms with Crippen molar-refractivity contribution in [3.63, 3.8) is 0 Å². The number of benzene rings is 1. The third-order valence-electron chi connectivity index (χ3n) is 3.11. The summed E-state index contributed by atoms with van der Waals surface area (Å²) >= 11 is 2.23. The number of rotatable bonds is 5. The minimum atomic E-state index is -0.0737. The number of hydrogen-bond acceptors (Lipinski definition) is 2. The molecule has 5 heteroatoms. The number of pyridine rings is 1. The van der Waals surface area contributed by atoms with Gasteiger partial charge in [0.05, 0.1) is 0 Å². The van der Waals surface area contributed by atoms with Gasteiger partial charge in [0, 0.05) is 40.7 Å². The Morgan fingerprint density at radius 3 is 2.81 bits per heavy atom. The van der Waals surface area contributed by atoms with Gasteiger partial charge in [-0.05, 0) is 59.8 Å². The highest BCUT2D eigenvalue weighted by Gasteiger charge is 2.11. The Morgan fingerprint density at radius 1 is 1.29 bits per heavy atom. The van der Waals surface area contributed by atoms with Gasteiger partial charge in [-0.2, -0.15) is 0 Å². The summed E-state index contributed by atoms with van der Waals surface area (Å²) in [6.07, 6.45) is 2.53. The number of amides is 2. The Balaban J connectivity index is 1.92. The average molecular weight is 395 g/mol. The van der Waals surface area contributed by atoms with Crippen LogP contribution in [0, 0.1) is 3.57 Å².